The van der Waals surface area contributed by atoms with Crippen LogP contribution in [0, 0.1) is 0 Å². The molecular weight excluding hydrogens is 339 g/mol. The number of nitrogens with zero attached hydrogens (tertiary/aromatic N) is 2. The van der Waals surface area contributed by atoms with Crippen LogP contribution < -0.4 is 11.3 Å². The molecule has 3 N–H and O–H groups in total. The van der Waals surface area contributed by atoms with Crippen LogP contribution >= 0.6 is 0 Å². The molecule has 6 nitrogen and oxygen atoms in total. The number of alkyl halides is 3. The Morgan fingerprint density at radius 3 is 2.32 bits per heavy atom. The van der Waals surface area contributed by atoms with Crippen molar-refractivity contribution in [3.63, 3.8) is 0 Å². The highest BCUT2D eigenvalue weighted by Gasteiger charge is 2.37. The number of carbonyl (C=O) groups is 1. The van der Waals surface area contributed by atoms with Crippen LogP contribution in [0.25, 0.3) is 16.6 Å². The second kappa shape index (κ2) is 5.62. The average molecular weight is 349 g/mol. The van der Waals surface area contributed by atoms with Crippen LogP contribution in [0.3, 0.4) is 0 Å². The van der Waals surface area contributed by atoms with Crippen LogP contribution in [0.2, 0.25) is 0 Å². The minimum absolute atomic E-state index is 0.0738. The highest BCUT2D eigenvalue weighted by molar-refractivity contribution is 5.87. The van der Waals surface area contributed by atoms with E-state index >= 15 is 0 Å². The van der Waals surface area contributed by atoms with Gasteiger partial charge in [-0.25, -0.2) is 9.78 Å². The number of aromatic carboxylic acids is 1. The molecule has 0 amide bonds. The number of benzene rings is 2. The number of aromatic nitrogens is 2. The molecule has 1 aromatic heterocycles. The van der Waals surface area contributed by atoms with Crippen molar-refractivity contribution in [3.8, 4) is 5.69 Å². The molecule has 0 bridgehead atoms. The molecule has 1 heterocycles. The van der Waals surface area contributed by atoms with Gasteiger partial charge in [0, 0.05) is 5.69 Å². The van der Waals surface area contributed by atoms with E-state index in [2.05, 4.69) is 4.98 Å². The number of hydrogen-bond donors (Lipinski definition) is 2. The van der Waals surface area contributed by atoms with E-state index in [9.17, 15) is 22.8 Å². The fourth-order valence-electron chi connectivity index (χ4n) is 2.39. The first-order valence-electron chi connectivity index (χ1n) is 6.91. The predicted molar refractivity (Wildman–Crippen MR) is 83.7 cm³/mol. The first kappa shape index (κ1) is 16.5. The summed E-state index contributed by atoms with van der Waals surface area (Å²) in [5.41, 5.74) is 4.44. The fourth-order valence-corrected chi connectivity index (χ4v) is 2.39. The van der Waals surface area contributed by atoms with Crippen molar-refractivity contribution in [1.82, 2.24) is 9.55 Å². The van der Waals surface area contributed by atoms with Gasteiger partial charge in [0.2, 0.25) is 5.82 Å². The molecule has 0 radical (unpaired) electrons. The lowest BCUT2D eigenvalue weighted by Crippen LogP contribution is -2.28. The molecule has 3 rings (SSSR count). The number of rotatable bonds is 2. The minimum Gasteiger partial charge on any atom is -0.478 e. The molecule has 0 saturated carbocycles. The number of halogens is 3. The third kappa shape index (κ3) is 2.91. The van der Waals surface area contributed by atoms with Gasteiger partial charge in [-0.15, -0.1) is 0 Å². The molecule has 0 saturated heterocycles. The number of nitrogen functional groups attached to an aromatic ring is 1. The molecule has 0 atom stereocenters. The van der Waals surface area contributed by atoms with Gasteiger partial charge in [0.25, 0.3) is 5.56 Å². The summed E-state index contributed by atoms with van der Waals surface area (Å²) >= 11 is 0. The highest BCUT2D eigenvalue weighted by Crippen LogP contribution is 2.30. The summed E-state index contributed by atoms with van der Waals surface area (Å²) in [4.78, 5) is 27.0. The molecule has 0 aliphatic carbocycles. The van der Waals surface area contributed by atoms with E-state index in [0.717, 1.165) is 24.3 Å². The van der Waals surface area contributed by atoms with Gasteiger partial charge in [0.1, 0.15) is 0 Å². The summed E-state index contributed by atoms with van der Waals surface area (Å²) in [5.74, 6) is -2.64. The molecule has 0 spiro atoms. The Bertz CT molecular complexity index is 1040. The number of nitrogens with two attached hydrogens (primary N) is 1. The molecular formula is C16H10F3N3O3. The maximum absolute atomic E-state index is 13.4. The number of carboxylic acid groups (broad SMARTS) is 1. The van der Waals surface area contributed by atoms with Gasteiger partial charge in [-0.2, -0.15) is 13.2 Å². The van der Waals surface area contributed by atoms with E-state index in [-0.39, 0.29) is 27.8 Å². The second-order valence-electron chi connectivity index (χ2n) is 5.20. The molecule has 9 heteroatoms. The Morgan fingerprint density at radius 2 is 1.76 bits per heavy atom. The molecule has 128 valence electrons. The Kier molecular flexibility index (Phi) is 3.71. The van der Waals surface area contributed by atoms with Crippen molar-refractivity contribution in [1.29, 1.82) is 0 Å². The first-order valence-corrected chi connectivity index (χ1v) is 6.91. The van der Waals surface area contributed by atoms with Gasteiger partial charge >= 0.3 is 12.1 Å². The van der Waals surface area contributed by atoms with Gasteiger partial charge < -0.3 is 10.8 Å². The largest absolute Gasteiger partial charge is 0.478 e. The van der Waals surface area contributed by atoms with E-state index in [1.165, 1.54) is 18.2 Å². The molecule has 0 unspecified atom stereocenters. The molecule has 0 aliphatic rings. The summed E-state index contributed by atoms with van der Waals surface area (Å²) in [6, 6.07) is 8.26. The van der Waals surface area contributed by atoms with Gasteiger partial charge in [-0.05, 0) is 42.5 Å². The number of hydrogen-bond acceptors (Lipinski definition) is 4. The lowest BCUT2D eigenvalue weighted by atomic mass is 10.2. The average Bonchev–Trinajstić information content (AvgIpc) is 2.54. The third-order valence-electron chi connectivity index (χ3n) is 3.52. The fraction of sp³-hybridized carbons (Fsp3) is 0.0625. The van der Waals surface area contributed by atoms with Crippen LogP contribution in [0.1, 0.15) is 16.2 Å². The molecule has 0 aliphatic heterocycles. The van der Waals surface area contributed by atoms with E-state index in [1.54, 1.807) is 0 Å². The van der Waals surface area contributed by atoms with Gasteiger partial charge in [-0.1, -0.05) is 0 Å². The Hall–Kier alpha value is -3.36. The molecule has 2 aromatic carbocycles. The quantitative estimate of drug-likeness (QED) is 0.693. The lowest BCUT2D eigenvalue weighted by molar-refractivity contribution is -0.146. The van der Waals surface area contributed by atoms with Crippen molar-refractivity contribution in [2.45, 2.75) is 6.18 Å². The van der Waals surface area contributed by atoms with Crippen LogP contribution in [-0.2, 0) is 6.18 Å². The van der Waals surface area contributed by atoms with Gasteiger partial charge in [0.05, 0.1) is 22.2 Å². The summed E-state index contributed by atoms with van der Waals surface area (Å²) < 4.78 is 40.6. The highest BCUT2D eigenvalue weighted by atomic mass is 19.4. The van der Waals surface area contributed by atoms with E-state index in [4.69, 9.17) is 10.8 Å². The zero-order chi connectivity index (χ0) is 18.4. The van der Waals surface area contributed by atoms with Crippen molar-refractivity contribution in [2.75, 3.05) is 5.73 Å². The van der Waals surface area contributed by atoms with E-state index in [0.29, 0.717) is 4.57 Å². The van der Waals surface area contributed by atoms with Crippen LogP contribution in [0.5, 0.6) is 0 Å². The number of carboxylic acids is 1. The predicted octanol–water partition coefficient (Wildman–Crippen LogP) is 2.68. The van der Waals surface area contributed by atoms with Gasteiger partial charge in [-0.3, -0.25) is 9.36 Å². The van der Waals surface area contributed by atoms with Crippen molar-refractivity contribution in [2.24, 2.45) is 0 Å². The Balaban J connectivity index is 2.36. The SMILES string of the molecule is Nc1ccc2nc(C(F)(F)F)n(-c3ccc(C(=O)O)cc3)c(=O)c2c1. The van der Waals surface area contributed by atoms with E-state index < -0.39 is 23.5 Å². The molecule has 25 heavy (non-hydrogen) atoms. The van der Waals surface area contributed by atoms with Crippen molar-refractivity contribution < 1.29 is 23.1 Å². The molecule has 0 fully saturated rings. The van der Waals surface area contributed by atoms with E-state index in [1.807, 2.05) is 0 Å². The number of anilines is 1. The Labute approximate surface area is 138 Å². The summed E-state index contributed by atoms with van der Waals surface area (Å²) in [6.45, 7) is 0. The van der Waals surface area contributed by atoms with Gasteiger partial charge in [0.15, 0.2) is 0 Å². The zero-order valence-corrected chi connectivity index (χ0v) is 12.4. The lowest BCUT2D eigenvalue weighted by Gasteiger charge is -2.15. The zero-order valence-electron chi connectivity index (χ0n) is 12.4. The number of fused-ring (bicyclic) bond motifs is 1. The normalized spacial score (nSPS) is 11.6. The summed E-state index contributed by atoms with van der Waals surface area (Å²) in [5, 5.41) is 8.81. The first-order chi connectivity index (χ1) is 11.7. The molecule has 3 aromatic rings. The van der Waals surface area contributed by atoms with Crippen molar-refractivity contribution >= 4 is 22.6 Å². The smallest absolute Gasteiger partial charge is 0.450 e. The summed E-state index contributed by atoms with van der Waals surface area (Å²) in [6.07, 6.45) is -4.89. The topological polar surface area (TPSA) is 98.2 Å². The van der Waals surface area contributed by atoms with Crippen LogP contribution in [0.4, 0.5) is 18.9 Å². The van der Waals surface area contributed by atoms with Crippen LogP contribution in [-0.4, -0.2) is 20.6 Å². The van der Waals surface area contributed by atoms with Crippen LogP contribution in [0.15, 0.2) is 47.3 Å². The van der Waals surface area contributed by atoms with Crippen molar-refractivity contribution in [3.05, 3.63) is 64.2 Å². The third-order valence-corrected chi connectivity index (χ3v) is 3.52. The Morgan fingerprint density at radius 1 is 1.12 bits per heavy atom. The summed E-state index contributed by atoms with van der Waals surface area (Å²) in [7, 11) is 0. The monoisotopic (exact) mass is 349 g/mol. The maximum Gasteiger partial charge on any atom is 0.450 e. The minimum atomic E-state index is -4.89. The maximum atomic E-state index is 13.4. The standard InChI is InChI=1S/C16H10F3N3O3/c17-16(18,19)15-21-12-6-3-9(20)7-11(12)13(23)22(15)10-4-1-8(2-5-10)14(24)25/h1-7H,20H2,(H,24,25). The second-order valence-corrected chi connectivity index (χ2v) is 5.20.